The fraction of sp³-hybridized carbons (Fsp3) is 0.462. The number of benzene rings is 1. The highest BCUT2D eigenvalue weighted by atomic mass is 16.6. The fourth-order valence-electron chi connectivity index (χ4n) is 1.97. The van der Waals surface area contributed by atoms with Crippen molar-refractivity contribution >= 4 is 0 Å². The average molecular weight is 201 g/mol. The van der Waals surface area contributed by atoms with Crippen LogP contribution in [0.15, 0.2) is 24.3 Å². The van der Waals surface area contributed by atoms with Gasteiger partial charge in [-0.05, 0) is 24.1 Å². The number of epoxide rings is 1. The topological polar surface area (TPSA) is 36.3 Å². The van der Waals surface area contributed by atoms with Gasteiger partial charge in [0.25, 0.3) is 0 Å². The van der Waals surface area contributed by atoms with Crippen molar-refractivity contribution in [3.05, 3.63) is 35.4 Å². The van der Waals surface area contributed by atoms with Crippen molar-refractivity contribution < 1.29 is 4.74 Å². The van der Waals surface area contributed by atoms with E-state index in [1.165, 1.54) is 12.0 Å². The highest BCUT2D eigenvalue weighted by molar-refractivity contribution is 5.33. The maximum Gasteiger partial charge on any atom is 0.0991 e. The van der Waals surface area contributed by atoms with Crippen LogP contribution >= 0.6 is 0 Å². The standard InChI is InChI=1S/C13H15NO/c1-2-3-12(13-9-15-13)11-6-4-10(8-14)5-7-11/h4-7,12-13H,2-3,9H2,1H3. The summed E-state index contributed by atoms with van der Waals surface area (Å²) >= 11 is 0. The molecule has 0 N–H and O–H groups in total. The number of hydrogen-bond acceptors (Lipinski definition) is 2. The largest absolute Gasteiger partial charge is 0.372 e. The Morgan fingerprint density at radius 3 is 2.60 bits per heavy atom. The Morgan fingerprint density at radius 2 is 2.13 bits per heavy atom. The monoisotopic (exact) mass is 201 g/mol. The molecule has 2 unspecified atom stereocenters. The number of hydrogen-bond donors (Lipinski definition) is 0. The molecule has 0 spiro atoms. The molecule has 0 bridgehead atoms. The quantitative estimate of drug-likeness (QED) is 0.702. The minimum absolute atomic E-state index is 0.415. The lowest BCUT2D eigenvalue weighted by molar-refractivity contribution is 0.363. The van der Waals surface area contributed by atoms with Crippen molar-refractivity contribution in [2.75, 3.05) is 6.61 Å². The van der Waals surface area contributed by atoms with Gasteiger partial charge in [-0.15, -0.1) is 0 Å². The van der Waals surface area contributed by atoms with Crippen molar-refractivity contribution in [2.45, 2.75) is 31.8 Å². The van der Waals surface area contributed by atoms with Crippen molar-refractivity contribution in [1.82, 2.24) is 0 Å². The molecule has 1 aliphatic rings. The summed E-state index contributed by atoms with van der Waals surface area (Å²) in [4.78, 5) is 0. The first-order chi connectivity index (χ1) is 7.35. The molecule has 0 radical (unpaired) electrons. The molecule has 1 saturated heterocycles. The van der Waals surface area contributed by atoms with Crippen LogP contribution in [-0.2, 0) is 4.74 Å². The van der Waals surface area contributed by atoms with Crippen molar-refractivity contribution in [2.24, 2.45) is 0 Å². The Balaban J connectivity index is 2.15. The average Bonchev–Trinajstić information content (AvgIpc) is 3.10. The van der Waals surface area contributed by atoms with E-state index in [0.29, 0.717) is 12.0 Å². The van der Waals surface area contributed by atoms with Crippen molar-refractivity contribution in [3.8, 4) is 6.07 Å². The molecule has 2 atom stereocenters. The molecule has 2 heteroatoms. The van der Waals surface area contributed by atoms with Gasteiger partial charge in [-0.2, -0.15) is 5.26 Å². The molecule has 15 heavy (non-hydrogen) atoms. The summed E-state index contributed by atoms with van der Waals surface area (Å²) in [6, 6.07) is 10.0. The summed E-state index contributed by atoms with van der Waals surface area (Å²) in [5, 5.41) is 8.72. The Labute approximate surface area is 90.5 Å². The summed E-state index contributed by atoms with van der Waals surface area (Å²) in [6.07, 6.45) is 2.75. The van der Waals surface area contributed by atoms with E-state index in [4.69, 9.17) is 10.00 Å². The van der Waals surface area contributed by atoms with Crippen molar-refractivity contribution in [1.29, 1.82) is 5.26 Å². The Hall–Kier alpha value is -1.33. The molecule has 2 rings (SSSR count). The molecule has 0 saturated carbocycles. The third-order valence-electron chi connectivity index (χ3n) is 2.88. The molecule has 2 nitrogen and oxygen atoms in total. The van der Waals surface area contributed by atoms with Crippen LogP contribution in [0.1, 0.15) is 36.8 Å². The maximum atomic E-state index is 8.72. The van der Waals surface area contributed by atoms with E-state index in [1.54, 1.807) is 0 Å². The van der Waals surface area contributed by atoms with E-state index in [2.05, 4.69) is 25.1 Å². The first-order valence-electron chi connectivity index (χ1n) is 5.46. The smallest absolute Gasteiger partial charge is 0.0991 e. The first kappa shape index (κ1) is 10.2. The molecule has 1 fully saturated rings. The third-order valence-corrected chi connectivity index (χ3v) is 2.88. The molecule has 1 heterocycles. The first-order valence-corrected chi connectivity index (χ1v) is 5.46. The van der Waals surface area contributed by atoms with Gasteiger partial charge in [-0.25, -0.2) is 0 Å². The zero-order chi connectivity index (χ0) is 10.7. The van der Waals surface area contributed by atoms with Crippen molar-refractivity contribution in [3.63, 3.8) is 0 Å². The molecule has 1 aliphatic heterocycles. The molecule has 0 aromatic heterocycles. The molecule has 0 aliphatic carbocycles. The lowest BCUT2D eigenvalue weighted by Crippen LogP contribution is -2.05. The highest BCUT2D eigenvalue weighted by Gasteiger charge is 2.32. The zero-order valence-electron chi connectivity index (χ0n) is 8.94. The summed E-state index contributed by atoms with van der Waals surface area (Å²) in [7, 11) is 0. The van der Waals surface area contributed by atoms with Crippen LogP contribution in [0.4, 0.5) is 0 Å². The van der Waals surface area contributed by atoms with Crippen LogP contribution in [0.3, 0.4) is 0 Å². The zero-order valence-corrected chi connectivity index (χ0v) is 8.94. The van der Waals surface area contributed by atoms with E-state index < -0.39 is 0 Å². The van der Waals surface area contributed by atoms with Crippen LogP contribution in [0, 0.1) is 11.3 Å². The molecular weight excluding hydrogens is 186 g/mol. The highest BCUT2D eigenvalue weighted by Crippen LogP contribution is 2.33. The second kappa shape index (κ2) is 4.46. The summed E-state index contributed by atoms with van der Waals surface area (Å²) in [5.74, 6) is 0.516. The molecule has 78 valence electrons. The SMILES string of the molecule is CCCC(c1ccc(C#N)cc1)C1CO1. The Bertz CT molecular complexity index is 359. The van der Waals surface area contributed by atoms with E-state index >= 15 is 0 Å². The van der Waals surface area contributed by atoms with Gasteiger partial charge in [0.1, 0.15) is 0 Å². The molecular formula is C13H15NO. The molecule has 1 aromatic carbocycles. The van der Waals surface area contributed by atoms with Crippen LogP contribution in [0.5, 0.6) is 0 Å². The third kappa shape index (κ3) is 2.37. The lowest BCUT2D eigenvalue weighted by Gasteiger charge is -2.13. The van der Waals surface area contributed by atoms with Crippen LogP contribution in [-0.4, -0.2) is 12.7 Å². The van der Waals surface area contributed by atoms with Gasteiger partial charge < -0.3 is 4.74 Å². The molecule has 0 amide bonds. The van der Waals surface area contributed by atoms with E-state index in [1.807, 2.05) is 12.1 Å². The Kier molecular flexibility index (Phi) is 3.03. The van der Waals surface area contributed by atoms with Gasteiger partial charge >= 0.3 is 0 Å². The summed E-state index contributed by atoms with van der Waals surface area (Å²) in [6.45, 7) is 3.09. The van der Waals surface area contributed by atoms with Gasteiger partial charge in [0.15, 0.2) is 0 Å². The molecule has 1 aromatic rings. The number of nitrogens with zero attached hydrogens (tertiary/aromatic N) is 1. The van der Waals surface area contributed by atoms with Gasteiger partial charge in [0.05, 0.1) is 24.3 Å². The second-order valence-corrected chi connectivity index (χ2v) is 4.00. The predicted octanol–water partition coefficient (Wildman–Crippen LogP) is 2.84. The summed E-state index contributed by atoms with van der Waals surface area (Å²) in [5.41, 5.74) is 2.03. The normalized spacial score (nSPS) is 20.7. The van der Waals surface area contributed by atoms with Gasteiger partial charge in [-0.3, -0.25) is 0 Å². The number of nitriles is 1. The lowest BCUT2D eigenvalue weighted by atomic mass is 9.91. The van der Waals surface area contributed by atoms with Crippen LogP contribution < -0.4 is 0 Å². The van der Waals surface area contributed by atoms with E-state index in [9.17, 15) is 0 Å². The van der Waals surface area contributed by atoms with Gasteiger partial charge in [0, 0.05) is 5.92 Å². The Morgan fingerprint density at radius 1 is 1.47 bits per heavy atom. The minimum atomic E-state index is 0.415. The maximum absolute atomic E-state index is 8.72. The summed E-state index contributed by atoms with van der Waals surface area (Å²) < 4.78 is 5.37. The second-order valence-electron chi connectivity index (χ2n) is 4.00. The van der Waals surface area contributed by atoms with E-state index in [0.717, 1.165) is 18.6 Å². The minimum Gasteiger partial charge on any atom is -0.372 e. The number of ether oxygens (including phenoxy) is 1. The predicted molar refractivity (Wildman–Crippen MR) is 58.5 cm³/mol. The fourth-order valence-corrected chi connectivity index (χ4v) is 1.97. The number of rotatable bonds is 4. The van der Waals surface area contributed by atoms with E-state index in [-0.39, 0.29) is 0 Å². The van der Waals surface area contributed by atoms with Crippen LogP contribution in [0.2, 0.25) is 0 Å². The van der Waals surface area contributed by atoms with Gasteiger partial charge in [0.2, 0.25) is 0 Å². The van der Waals surface area contributed by atoms with Crippen LogP contribution in [0.25, 0.3) is 0 Å². The van der Waals surface area contributed by atoms with Gasteiger partial charge in [-0.1, -0.05) is 25.5 Å².